The van der Waals surface area contributed by atoms with Gasteiger partial charge in [0.15, 0.2) is 17.5 Å². The molecule has 0 amide bonds. The van der Waals surface area contributed by atoms with Gasteiger partial charge < -0.3 is 25.2 Å². The highest BCUT2D eigenvalue weighted by atomic mass is 127. The van der Waals surface area contributed by atoms with Crippen LogP contribution in [0.4, 0.5) is 8.78 Å². The van der Waals surface area contributed by atoms with E-state index in [0.717, 1.165) is 0 Å². The molecule has 0 saturated carbocycles. The zero-order valence-electron chi connectivity index (χ0n) is 15.3. The van der Waals surface area contributed by atoms with Crippen LogP contribution < -0.4 is 20.1 Å². The van der Waals surface area contributed by atoms with Gasteiger partial charge >= 0.3 is 6.61 Å². The summed E-state index contributed by atoms with van der Waals surface area (Å²) < 4.78 is 35.5. The van der Waals surface area contributed by atoms with E-state index in [1.165, 1.54) is 0 Å². The Morgan fingerprint density at radius 1 is 1.27 bits per heavy atom. The predicted octanol–water partition coefficient (Wildman–Crippen LogP) is 2.99. The molecule has 150 valence electrons. The number of halogens is 3. The van der Waals surface area contributed by atoms with Crippen molar-refractivity contribution in [2.24, 2.45) is 10.9 Å². The number of rotatable bonds is 10. The maximum Gasteiger partial charge on any atom is 0.387 e. The van der Waals surface area contributed by atoms with Gasteiger partial charge in [-0.2, -0.15) is 8.78 Å². The van der Waals surface area contributed by atoms with Crippen LogP contribution in [0, 0.1) is 5.92 Å². The molecule has 0 aromatic heterocycles. The van der Waals surface area contributed by atoms with Crippen LogP contribution in [0.5, 0.6) is 11.5 Å². The van der Waals surface area contributed by atoms with Crippen molar-refractivity contribution < 1.29 is 23.4 Å². The van der Waals surface area contributed by atoms with Gasteiger partial charge in [-0.1, -0.05) is 19.1 Å². The number of ether oxygens (including phenoxy) is 2. The van der Waals surface area contributed by atoms with E-state index < -0.39 is 6.61 Å². The molecule has 0 radical (unpaired) electrons. The van der Waals surface area contributed by atoms with Gasteiger partial charge in [0.25, 0.3) is 0 Å². The minimum absolute atomic E-state index is 0. The number of aliphatic hydroxyl groups is 1. The standard InChI is InChI=1S/C17H27F2N3O3.HI/c1-4-20-17(21-9-12(3)11-23)22-10-13-7-6-8-14(24-5-2)15(13)25-16(18)19;/h6-8,12,16,23H,4-5,9-11H2,1-3H3,(H2,20,21,22);1H. The molecule has 1 atom stereocenters. The molecular weight excluding hydrogens is 459 g/mol. The maximum atomic E-state index is 12.7. The highest BCUT2D eigenvalue weighted by molar-refractivity contribution is 14.0. The molecule has 0 saturated heterocycles. The first kappa shape index (κ1) is 24.6. The van der Waals surface area contributed by atoms with Crippen molar-refractivity contribution in [1.82, 2.24) is 10.6 Å². The van der Waals surface area contributed by atoms with Gasteiger partial charge in [0.05, 0.1) is 13.2 Å². The third-order valence-corrected chi connectivity index (χ3v) is 3.25. The molecule has 9 heteroatoms. The molecule has 0 aliphatic rings. The first-order chi connectivity index (χ1) is 12.0. The zero-order valence-corrected chi connectivity index (χ0v) is 17.6. The van der Waals surface area contributed by atoms with Gasteiger partial charge in [-0.15, -0.1) is 24.0 Å². The molecule has 0 heterocycles. The minimum Gasteiger partial charge on any atom is -0.490 e. The second kappa shape index (κ2) is 13.8. The lowest BCUT2D eigenvalue weighted by Crippen LogP contribution is -2.39. The monoisotopic (exact) mass is 487 g/mol. The van der Waals surface area contributed by atoms with Crippen molar-refractivity contribution in [3.8, 4) is 11.5 Å². The molecule has 1 rings (SSSR count). The van der Waals surface area contributed by atoms with Gasteiger partial charge in [-0.05, 0) is 25.8 Å². The summed E-state index contributed by atoms with van der Waals surface area (Å²) >= 11 is 0. The molecule has 3 N–H and O–H groups in total. The van der Waals surface area contributed by atoms with E-state index in [-0.39, 0.29) is 54.5 Å². The lowest BCUT2D eigenvalue weighted by atomic mass is 10.2. The quantitative estimate of drug-likeness (QED) is 0.269. The molecule has 0 bridgehead atoms. The number of para-hydroxylation sites is 1. The van der Waals surface area contributed by atoms with E-state index in [1.807, 2.05) is 13.8 Å². The first-order valence-electron chi connectivity index (χ1n) is 8.34. The third-order valence-electron chi connectivity index (χ3n) is 3.25. The van der Waals surface area contributed by atoms with Crippen molar-refractivity contribution in [3.63, 3.8) is 0 Å². The Labute approximate surface area is 170 Å². The van der Waals surface area contributed by atoms with Crippen molar-refractivity contribution in [2.75, 3.05) is 26.3 Å². The van der Waals surface area contributed by atoms with Crippen molar-refractivity contribution in [3.05, 3.63) is 23.8 Å². The average molecular weight is 487 g/mol. The number of aliphatic hydroxyl groups excluding tert-OH is 1. The van der Waals surface area contributed by atoms with E-state index in [2.05, 4.69) is 20.4 Å². The number of nitrogens with one attached hydrogen (secondary N) is 2. The molecule has 6 nitrogen and oxygen atoms in total. The molecule has 0 aliphatic heterocycles. The summed E-state index contributed by atoms with van der Waals surface area (Å²) in [6, 6.07) is 4.97. The van der Waals surface area contributed by atoms with Crippen molar-refractivity contribution in [2.45, 2.75) is 33.9 Å². The number of nitrogens with zero attached hydrogens (tertiary/aromatic N) is 1. The summed E-state index contributed by atoms with van der Waals surface area (Å²) in [6.45, 7) is 4.40. The summed E-state index contributed by atoms with van der Waals surface area (Å²) in [5.41, 5.74) is 0.499. The molecule has 26 heavy (non-hydrogen) atoms. The molecule has 1 unspecified atom stereocenters. The smallest absolute Gasteiger partial charge is 0.387 e. The van der Waals surface area contributed by atoms with Crippen LogP contribution in [0.3, 0.4) is 0 Å². The van der Waals surface area contributed by atoms with Gasteiger partial charge in [-0.3, -0.25) is 0 Å². The fraction of sp³-hybridized carbons (Fsp3) is 0.588. The number of benzene rings is 1. The van der Waals surface area contributed by atoms with Gasteiger partial charge in [0.2, 0.25) is 0 Å². The Morgan fingerprint density at radius 2 is 2.00 bits per heavy atom. The lowest BCUT2D eigenvalue weighted by Gasteiger charge is -2.16. The molecule has 1 aromatic carbocycles. The van der Waals surface area contributed by atoms with Crippen LogP contribution in [-0.2, 0) is 6.54 Å². The molecule has 0 aliphatic carbocycles. The number of hydrogen-bond donors (Lipinski definition) is 3. The van der Waals surface area contributed by atoms with Crippen LogP contribution >= 0.6 is 24.0 Å². The molecule has 0 spiro atoms. The SMILES string of the molecule is CCNC(=NCc1cccc(OCC)c1OC(F)F)NCC(C)CO.I. The average Bonchev–Trinajstić information content (AvgIpc) is 2.59. The Hall–Kier alpha value is -1.36. The highest BCUT2D eigenvalue weighted by Crippen LogP contribution is 2.33. The van der Waals surface area contributed by atoms with E-state index in [0.29, 0.717) is 31.2 Å². The topological polar surface area (TPSA) is 75.1 Å². The van der Waals surface area contributed by atoms with Crippen LogP contribution in [0.1, 0.15) is 26.3 Å². The van der Waals surface area contributed by atoms with E-state index >= 15 is 0 Å². The van der Waals surface area contributed by atoms with Crippen molar-refractivity contribution >= 4 is 29.9 Å². The Morgan fingerprint density at radius 3 is 2.58 bits per heavy atom. The lowest BCUT2D eigenvalue weighted by molar-refractivity contribution is -0.0520. The maximum absolute atomic E-state index is 12.7. The predicted molar refractivity (Wildman–Crippen MR) is 109 cm³/mol. The Bertz CT molecular complexity index is 548. The van der Waals surface area contributed by atoms with Crippen LogP contribution in [-0.4, -0.2) is 44.0 Å². The summed E-state index contributed by atoms with van der Waals surface area (Å²) in [7, 11) is 0. The van der Waals surface area contributed by atoms with Gasteiger partial charge in [0, 0.05) is 25.3 Å². The van der Waals surface area contributed by atoms with E-state index in [4.69, 9.17) is 9.84 Å². The normalized spacial score (nSPS) is 12.3. The number of hydrogen-bond acceptors (Lipinski definition) is 4. The fourth-order valence-electron chi connectivity index (χ4n) is 2.02. The van der Waals surface area contributed by atoms with Crippen molar-refractivity contribution in [1.29, 1.82) is 0 Å². The summed E-state index contributed by atoms with van der Waals surface area (Å²) in [6.07, 6.45) is 0. The van der Waals surface area contributed by atoms with Crippen LogP contribution in [0.15, 0.2) is 23.2 Å². The second-order valence-electron chi connectivity index (χ2n) is 5.42. The molecule has 1 aromatic rings. The second-order valence-corrected chi connectivity index (χ2v) is 5.42. The zero-order chi connectivity index (χ0) is 18.7. The third kappa shape index (κ3) is 8.84. The highest BCUT2D eigenvalue weighted by Gasteiger charge is 2.15. The summed E-state index contributed by atoms with van der Waals surface area (Å²) in [4.78, 5) is 4.39. The Balaban J connectivity index is 0.00000625. The largest absolute Gasteiger partial charge is 0.490 e. The first-order valence-corrected chi connectivity index (χ1v) is 8.34. The van der Waals surface area contributed by atoms with Crippen LogP contribution in [0.25, 0.3) is 0 Å². The molecule has 0 fully saturated rings. The number of aliphatic imine (C=N–C) groups is 1. The fourth-order valence-corrected chi connectivity index (χ4v) is 2.02. The summed E-state index contributed by atoms with van der Waals surface area (Å²) in [5, 5.41) is 15.3. The summed E-state index contributed by atoms with van der Waals surface area (Å²) in [5.74, 6) is 0.875. The Kier molecular flexibility index (Phi) is 13.1. The molecular formula is C17H28F2IN3O3. The van der Waals surface area contributed by atoms with Gasteiger partial charge in [-0.25, -0.2) is 4.99 Å². The van der Waals surface area contributed by atoms with Gasteiger partial charge in [0.1, 0.15) is 0 Å². The number of guanidine groups is 1. The van der Waals surface area contributed by atoms with E-state index in [9.17, 15) is 8.78 Å². The van der Waals surface area contributed by atoms with E-state index in [1.54, 1.807) is 25.1 Å². The van der Waals surface area contributed by atoms with Crippen LogP contribution in [0.2, 0.25) is 0 Å². The number of alkyl halides is 2. The minimum atomic E-state index is -2.94.